The number of carbonyl (C=O) groups is 3. The van der Waals surface area contributed by atoms with E-state index in [4.69, 9.17) is 18.0 Å². The molecule has 12 nitrogen and oxygen atoms in total. The average molecular weight is 746 g/mol. The molecule has 0 radical (unpaired) electrons. The first kappa shape index (κ1) is 37.8. The summed E-state index contributed by atoms with van der Waals surface area (Å²) in [7, 11) is 6.23. The summed E-state index contributed by atoms with van der Waals surface area (Å²) in [6.07, 6.45) is -12.1. The number of thiocarbonyl (C=S) groups is 1. The number of halogens is 6. The van der Waals surface area contributed by atoms with Gasteiger partial charge in [-0.25, -0.2) is 0 Å². The number of alkyl halides is 6. The van der Waals surface area contributed by atoms with E-state index < -0.39 is 110 Å². The summed E-state index contributed by atoms with van der Waals surface area (Å²) in [5, 5.41) is 50.0. The lowest BCUT2D eigenvalue weighted by molar-refractivity contribution is -0.178. The van der Waals surface area contributed by atoms with Crippen LogP contribution in [0.2, 0.25) is 0 Å². The maximum Gasteiger partial charge on any atom is 0.416 e. The third-order valence-electron chi connectivity index (χ3n) is 9.65. The molecule has 2 unspecified atom stereocenters. The molecule has 19 heteroatoms. The van der Waals surface area contributed by atoms with Gasteiger partial charge in [0.1, 0.15) is 11.7 Å². The van der Waals surface area contributed by atoms with Gasteiger partial charge in [-0.15, -0.1) is 0 Å². The van der Waals surface area contributed by atoms with E-state index >= 15 is 0 Å². The number of amides is 1. The highest BCUT2D eigenvalue weighted by atomic mass is 32.1. The molecular formula is C32H33F6N5O7S. The molecule has 0 heterocycles. The van der Waals surface area contributed by atoms with Crippen LogP contribution in [-0.4, -0.2) is 93.8 Å². The zero-order valence-electron chi connectivity index (χ0n) is 27.3. The van der Waals surface area contributed by atoms with Crippen LogP contribution in [0.15, 0.2) is 35.6 Å². The lowest BCUT2D eigenvalue weighted by Crippen LogP contribution is -2.71. The number of anilines is 3. The monoisotopic (exact) mass is 745 g/mol. The molecule has 6 atom stereocenters. The Kier molecular flexibility index (Phi) is 9.37. The minimum atomic E-state index is -5.13. The van der Waals surface area contributed by atoms with Gasteiger partial charge in [0.2, 0.25) is 5.91 Å². The predicted molar refractivity (Wildman–Crippen MR) is 174 cm³/mol. The lowest BCUT2D eigenvalue weighted by atomic mass is 9.56. The van der Waals surface area contributed by atoms with Gasteiger partial charge in [0.25, 0.3) is 0 Å². The minimum absolute atomic E-state index is 0.0365. The topological polar surface area (TPSA) is 189 Å². The summed E-state index contributed by atoms with van der Waals surface area (Å²) in [5.74, 6) is -9.43. The van der Waals surface area contributed by atoms with Gasteiger partial charge in [0.15, 0.2) is 28.0 Å². The van der Waals surface area contributed by atoms with Crippen molar-refractivity contribution in [3.8, 4) is 5.75 Å². The average Bonchev–Trinajstić information content (AvgIpc) is 2.98. The first-order valence-electron chi connectivity index (χ1n) is 15.2. The molecule has 51 heavy (non-hydrogen) atoms. The number of hydrogen-bond donors (Lipinski definition) is 7. The van der Waals surface area contributed by atoms with Crippen LogP contribution in [0.3, 0.4) is 0 Å². The molecule has 0 aliphatic heterocycles. The van der Waals surface area contributed by atoms with Gasteiger partial charge < -0.3 is 46.6 Å². The Hall–Kier alpha value is -4.46. The smallest absolute Gasteiger partial charge is 0.416 e. The highest BCUT2D eigenvalue weighted by molar-refractivity contribution is 7.80. The Morgan fingerprint density at radius 3 is 2.04 bits per heavy atom. The van der Waals surface area contributed by atoms with Crippen molar-refractivity contribution in [3.63, 3.8) is 0 Å². The standard InChI is InChI=1S/C32H33F6N5O7S/c1-42(2)18-10-17(41-29(51)40-14-8-12(31(33,34)35)7-13(9-14)32(36,37)38)23(44)20-15(18)5-11-6-16-22(43(3)4)25(46)21(28(39)49)27(48)30(16,50)26(47)19(11)24(20)45/h7-11,16,21-22,25,44,46-47,50H,5-6H2,1-4H3,(H2,39,49)(H2,40,41,51)/t11-,16-,21?,22-,25?,30-/m0/s1. The summed E-state index contributed by atoms with van der Waals surface area (Å²) in [5.41, 5.74) is -1.88. The van der Waals surface area contributed by atoms with E-state index in [1.165, 1.54) is 25.1 Å². The maximum atomic E-state index is 14.2. The van der Waals surface area contributed by atoms with Crippen molar-refractivity contribution in [1.29, 1.82) is 0 Å². The van der Waals surface area contributed by atoms with Gasteiger partial charge in [-0.1, -0.05) is 0 Å². The fourth-order valence-electron chi connectivity index (χ4n) is 7.46. The molecule has 8 N–H and O–H groups in total. The number of likely N-dealkylation sites (N-methyl/N-ethyl adjacent to an activating group) is 1. The number of aliphatic hydroxyl groups excluding tert-OH is 2. The summed E-state index contributed by atoms with van der Waals surface area (Å²) in [6, 6.07) is 0.999. The lowest BCUT2D eigenvalue weighted by Gasteiger charge is -2.53. The van der Waals surface area contributed by atoms with Crippen LogP contribution in [0.5, 0.6) is 5.75 Å². The van der Waals surface area contributed by atoms with Crippen LogP contribution in [0, 0.1) is 17.8 Å². The Morgan fingerprint density at radius 2 is 1.55 bits per heavy atom. The van der Waals surface area contributed by atoms with E-state index in [0.717, 1.165) is 0 Å². The summed E-state index contributed by atoms with van der Waals surface area (Å²) < 4.78 is 80.4. The zero-order chi connectivity index (χ0) is 38.3. The number of carbonyl (C=O) groups excluding carboxylic acids is 3. The zero-order valence-corrected chi connectivity index (χ0v) is 28.1. The number of allylic oxidation sites excluding steroid dienone is 1. The molecule has 0 bridgehead atoms. The van der Waals surface area contributed by atoms with E-state index in [0.29, 0.717) is 17.8 Å². The van der Waals surface area contributed by atoms with Crippen LogP contribution < -0.4 is 21.3 Å². The van der Waals surface area contributed by atoms with Crippen LogP contribution in [0.1, 0.15) is 33.5 Å². The van der Waals surface area contributed by atoms with Crippen molar-refractivity contribution < 1.29 is 61.2 Å². The number of aliphatic hydroxyl groups is 3. The number of hydrogen-bond acceptors (Lipinski definition) is 10. The van der Waals surface area contributed by atoms with Crippen molar-refractivity contribution in [1.82, 2.24) is 4.90 Å². The van der Waals surface area contributed by atoms with Crippen LogP contribution in [0.25, 0.3) is 0 Å². The molecule has 3 aliphatic carbocycles. The Morgan fingerprint density at radius 1 is 0.980 bits per heavy atom. The number of rotatable bonds is 5. The van der Waals surface area contributed by atoms with Crippen molar-refractivity contribution in [3.05, 3.63) is 57.9 Å². The van der Waals surface area contributed by atoms with Crippen molar-refractivity contribution in [2.45, 2.75) is 42.9 Å². The van der Waals surface area contributed by atoms with Gasteiger partial charge in [-0.05, 0) is 74.9 Å². The van der Waals surface area contributed by atoms with Crippen LogP contribution in [-0.2, 0) is 28.4 Å². The number of phenols is 1. The third-order valence-corrected chi connectivity index (χ3v) is 9.85. The quantitative estimate of drug-likeness (QED) is 0.103. The number of nitrogens with two attached hydrogens (primary N) is 1. The first-order chi connectivity index (χ1) is 23.4. The Balaban J connectivity index is 1.58. The third kappa shape index (κ3) is 6.25. The molecule has 276 valence electrons. The summed E-state index contributed by atoms with van der Waals surface area (Å²) >= 11 is 5.14. The number of Topliss-reactive ketones (excluding diaryl/α,β-unsaturated/α-hetero) is 2. The van der Waals surface area contributed by atoms with Crippen LogP contribution >= 0.6 is 12.2 Å². The van der Waals surface area contributed by atoms with Gasteiger partial charge >= 0.3 is 12.4 Å². The van der Waals surface area contributed by atoms with Crippen molar-refractivity contribution in [2.24, 2.45) is 23.5 Å². The molecule has 0 spiro atoms. The first-order valence-corrected chi connectivity index (χ1v) is 15.6. The molecule has 1 fully saturated rings. The number of ketones is 2. The van der Waals surface area contributed by atoms with Gasteiger partial charge in [-0.3, -0.25) is 14.4 Å². The Labute approximate surface area is 291 Å². The van der Waals surface area contributed by atoms with E-state index in [9.17, 15) is 61.2 Å². The fraction of sp³-hybridized carbons (Fsp3) is 0.438. The normalized spacial score (nSPS) is 26.3. The van der Waals surface area contributed by atoms with Gasteiger partial charge in [0, 0.05) is 43.0 Å². The minimum Gasteiger partial charge on any atom is -0.508 e. The van der Waals surface area contributed by atoms with Gasteiger partial charge in [-0.2, -0.15) is 26.3 Å². The highest BCUT2D eigenvalue weighted by Gasteiger charge is 2.66. The fourth-order valence-corrected chi connectivity index (χ4v) is 7.69. The Bertz CT molecular complexity index is 1850. The molecule has 0 aromatic heterocycles. The van der Waals surface area contributed by atoms with E-state index in [1.807, 2.05) is 0 Å². The van der Waals surface area contributed by atoms with Gasteiger partial charge in [0.05, 0.1) is 28.5 Å². The number of fused-ring (bicyclic) bond motifs is 3. The predicted octanol–water partition coefficient (Wildman–Crippen LogP) is 3.20. The maximum absolute atomic E-state index is 14.2. The molecule has 2 aromatic carbocycles. The van der Waals surface area contributed by atoms with E-state index in [2.05, 4.69) is 10.6 Å². The number of nitrogens with zero attached hydrogens (tertiary/aromatic N) is 2. The molecule has 5 rings (SSSR count). The highest BCUT2D eigenvalue weighted by Crippen LogP contribution is 2.54. The molecular weight excluding hydrogens is 712 g/mol. The van der Waals surface area contributed by atoms with Crippen LogP contribution in [0.4, 0.5) is 43.4 Å². The van der Waals surface area contributed by atoms with Crippen molar-refractivity contribution in [2.75, 3.05) is 43.7 Å². The molecule has 3 aliphatic rings. The van der Waals surface area contributed by atoms with E-state index in [-0.39, 0.29) is 30.2 Å². The number of phenolic OH excluding ortho intramolecular Hbond substituents is 1. The largest absolute Gasteiger partial charge is 0.508 e. The second-order valence-corrected chi connectivity index (χ2v) is 13.6. The second kappa shape index (κ2) is 12.6. The number of nitrogens with one attached hydrogen (secondary N) is 2. The molecule has 2 aromatic rings. The molecule has 0 saturated heterocycles. The number of primary amides is 1. The summed E-state index contributed by atoms with van der Waals surface area (Å²) in [4.78, 5) is 43.1. The number of aromatic hydroxyl groups is 1. The van der Waals surface area contributed by atoms with E-state index in [1.54, 1.807) is 19.0 Å². The molecule has 1 saturated carbocycles. The summed E-state index contributed by atoms with van der Waals surface area (Å²) in [6.45, 7) is 0. The second-order valence-electron chi connectivity index (χ2n) is 13.2. The molecule has 1 amide bonds. The number of benzene rings is 2. The van der Waals surface area contributed by atoms with Crippen molar-refractivity contribution >= 4 is 51.9 Å². The SMILES string of the molecule is CN(C)c1cc(NC(=S)Nc2cc(C(F)(F)F)cc(C(F)(F)F)c2)c(O)c2c1C[C@H]1C[C@H]3[C@H](N(C)C)C(O)C(C(N)=O)C(=O)[C@@]3(O)C(O)=C1C2=O.